The molecule has 0 spiro atoms. The second-order valence-corrected chi connectivity index (χ2v) is 3.52. The van der Waals surface area contributed by atoms with Crippen molar-refractivity contribution < 1.29 is 4.79 Å². The molecule has 13 heavy (non-hydrogen) atoms. The van der Waals surface area contributed by atoms with Crippen molar-refractivity contribution in [2.45, 2.75) is 13.8 Å². The van der Waals surface area contributed by atoms with Crippen molar-refractivity contribution in [1.29, 1.82) is 0 Å². The summed E-state index contributed by atoms with van der Waals surface area (Å²) in [5, 5.41) is 3.17. The highest BCUT2D eigenvalue weighted by Crippen LogP contribution is 2.10. The first-order chi connectivity index (χ1) is 6.13. The number of rotatable bonds is 3. The van der Waals surface area contributed by atoms with Crippen molar-refractivity contribution in [1.82, 2.24) is 9.36 Å². The van der Waals surface area contributed by atoms with E-state index in [2.05, 4.69) is 14.7 Å². The average molecular weight is 200 g/mol. The van der Waals surface area contributed by atoms with Gasteiger partial charge in [0.25, 0.3) is 0 Å². The van der Waals surface area contributed by atoms with E-state index in [1.807, 2.05) is 0 Å². The zero-order valence-corrected chi connectivity index (χ0v) is 8.39. The Bertz CT molecular complexity index is 298. The standard InChI is InChI=1S/C7H12N4OS/c1-4(3-8)6(12)10-7-9-5(2)11-13-7/h4H,3,8H2,1-2H3,(H,9,10,11,12). The monoisotopic (exact) mass is 200 g/mol. The highest BCUT2D eigenvalue weighted by Gasteiger charge is 2.12. The molecule has 1 unspecified atom stereocenters. The summed E-state index contributed by atoms with van der Waals surface area (Å²) < 4.78 is 3.94. The quantitative estimate of drug-likeness (QED) is 0.739. The number of nitrogens with two attached hydrogens (primary N) is 1. The molecular formula is C7H12N4OS. The lowest BCUT2D eigenvalue weighted by atomic mass is 10.2. The Morgan fingerprint density at radius 2 is 2.46 bits per heavy atom. The Morgan fingerprint density at radius 3 is 2.92 bits per heavy atom. The predicted molar refractivity (Wildman–Crippen MR) is 51.5 cm³/mol. The minimum atomic E-state index is -0.191. The summed E-state index contributed by atoms with van der Waals surface area (Å²) in [6.45, 7) is 3.88. The number of aromatic nitrogens is 2. The molecule has 0 aliphatic heterocycles. The number of aryl methyl sites for hydroxylation is 1. The summed E-state index contributed by atoms with van der Waals surface area (Å²) in [5.74, 6) is 0.364. The van der Waals surface area contributed by atoms with Crippen LogP contribution in [0.3, 0.4) is 0 Å². The maximum absolute atomic E-state index is 11.3. The van der Waals surface area contributed by atoms with Crippen LogP contribution in [-0.2, 0) is 4.79 Å². The molecule has 1 aromatic rings. The number of hydrogen-bond donors (Lipinski definition) is 2. The van der Waals surface area contributed by atoms with E-state index in [9.17, 15) is 4.79 Å². The fourth-order valence-electron chi connectivity index (χ4n) is 0.683. The largest absolute Gasteiger partial charge is 0.330 e. The molecule has 0 saturated carbocycles. The van der Waals surface area contributed by atoms with Gasteiger partial charge in [0.1, 0.15) is 5.82 Å². The lowest BCUT2D eigenvalue weighted by Crippen LogP contribution is -2.26. The number of nitrogens with one attached hydrogen (secondary N) is 1. The molecule has 3 N–H and O–H groups in total. The van der Waals surface area contributed by atoms with Crippen LogP contribution < -0.4 is 11.1 Å². The van der Waals surface area contributed by atoms with Gasteiger partial charge in [0, 0.05) is 24.0 Å². The smallest absolute Gasteiger partial charge is 0.230 e. The summed E-state index contributed by atoms with van der Waals surface area (Å²) in [7, 11) is 0. The van der Waals surface area contributed by atoms with Crippen LogP contribution in [0.4, 0.5) is 5.13 Å². The molecule has 0 aliphatic rings. The van der Waals surface area contributed by atoms with E-state index >= 15 is 0 Å². The first-order valence-electron chi connectivity index (χ1n) is 3.94. The van der Waals surface area contributed by atoms with Crippen LogP contribution in [0.15, 0.2) is 0 Å². The van der Waals surface area contributed by atoms with Crippen LogP contribution in [0.25, 0.3) is 0 Å². The molecule has 0 aromatic carbocycles. The van der Waals surface area contributed by atoms with E-state index in [4.69, 9.17) is 5.73 Å². The topological polar surface area (TPSA) is 80.9 Å². The lowest BCUT2D eigenvalue weighted by molar-refractivity contribution is -0.119. The Balaban J connectivity index is 2.54. The third-order valence-electron chi connectivity index (χ3n) is 1.56. The molecule has 72 valence electrons. The van der Waals surface area contributed by atoms with Crippen LogP contribution >= 0.6 is 11.5 Å². The van der Waals surface area contributed by atoms with Crippen molar-refractivity contribution in [2.75, 3.05) is 11.9 Å². The molecule has 6 heteroatoms. The van der Waals surface area contributed by atoms with Crippen molar-refractivity contribution in [2.24, 2.45) is 11.7 Å². The van der Waals surface area contributed by atoms with E-state index in [1.165, 1.54) is 11.5 Å². The normalized spacial score (nSPS) is 12.5. The van der Waals surface area contributed by atoms with E-state index in [1.54, 1.807) is 13.8 Å². The molecule has 1 aromatic heterocycles. The van der Waals surface area contributed by atoms with Crippen LogP contribution in [0, 0.1) is 12.8 Å². The number of carbonyl (C=O) groups is 1. The highest BCUT2D eigenvalue weighted by molar-refractivity contribution is 7.09. The maximum atomic E-state index is 11.3. The molecule has 0 bridgehead atoms. The number of amides is 1. The lowest BCUT2D eigenvalue weighted by Gasteiger charge is -2.05. The third-order valence-corrected chi connectivity index (χ3v) is 2.28. The Labute approximate surface area is 80.5 Å². The third kappa shape index (κ3) is 2.74. The minimum Gasteiger partial charge on any atom is -0.330 e. The molecule has 5 nitrogen and oxygen atoms in total. The molecular weight excluding hydrogens is 188 g/mol. The van der Waals surface area contributed by atoms with Crippen molar-refractivity contribution in [3.8, 4) is 0 Å². The van der Waals surface area contributed by atoms with Gasteiger partial charge < -0.3 is 11.1 Å². The number of hydrogen-bond acceptors (Lipinski definition) is 5. The van der Waals surface area contributed by atoms with E-state index in [-0.39, 0.29) is 11.8 Å². The average Bonchev–Trinajstić information content (AvgIpc) is 2.49. The van der Waals surface area contributed by atoms with Gasteiger partial charge >= 0.3 is 0 Å². The van der Waals surface area contributed by atoms with Crippen LogP contribution in [-0.4, -0.2) is 21.8 Å². The van der Waals surface area contributed by atoms with E-state index in [0.29, 0.717) is 17.5 Å². The maximum Gasteiger partial charge on any atom is 0.230 e. The molecule has 1 heterocycles. The van der Waals surface area contributed by atoms with Gasteiger partial charge in [-0.3, -0.25) is 4.79 Å². The van der Waals surface area contributed by atoms with E-state index in [0.717, 1.165) is 0 Å². The van der Waals surface area contributed by atoms with Crippen LogP contribution in [0.1, 0.15) is 12.7 Å². The Kier molecular flexibility index (Phi) is 3.32. The molecule has 1 amide bonds. The molecule has 1 atom stereocenters. The molecule has 0 fully saturated rings. The van der Waals surface area contributed by atoms with Gasteiger partial charge in [-0.2, -0.15) is 4.37 Å². The first-order valence-corrected chi connectivity index (χ1v) is 4.72. The summed E-state index contributed by atoms with van der Waals surface area (Å²) in [5.41, 5.74) is 5.34. The second kappa shape index (κ2) is 4.29. The fraction of sp³-hybridized carbons (Fsp3) is 0.571. The molecule has 0 saturated heterocycles. The second-order valence-electron chi connectivity index (χ2n) is 2.77. The summed E-state index contributed by atoms with van der Waals surface area (Å²) in [6.07, 6.45) is 0. The summed E-state index contributed by atoms with van der Waals surface area (Å²) in [6, 6.07) is 0. The molecule has 0 radical (unpaired) electrons. The summed E-state index contributed by atoms with van der Waals surface area (Å²) >= 11 is 1.17. The van der Waals surface area contributed by atoms with Crippen molar-refractivity contribution in [3.05, 3.63) is 5.82 Å². The SMILES string of the molecule is Cc1nsc(NC(=O)C(C)CN)n1. The van der Waals surface area contributed by atoms with Gasteiger partial charge in [0.15, 0.2) is 0 Å². The zero-order valence-electron chi connectivity index (χ0n) is 7.57. The minimum absolute atomic E-state index is 0.112. The van der Waals surface area contributed by atoms with Crippen molar-refractivity contribution in [3.63, 3.8) is 0 Å². The highest BCUT2D eigenvalue weighted by atomic mass is 32.1. The van der Waals surface area contributed by atoms with Gasteiger partial charge in [-0.05, 0) is 6.92 Å². The van der Waals surface area contributed by atoms with Gasteiger partial charge in [0.05, 0.1) is 0 Å². The Morgan fingerprint density at radius 1 is 1.77 bits per heavy atom. The molecule has 1 rings (SSSR count). The van der Waals surface area contributed by atoms with Gasteiger partial charge in [-0.25, -0.2) is 4.98 Å². The number of nitrogens with zero attached hydrogens (tertiary/aromatic N) is 2. The number of carbonyl (C=O) groups excluding carboxylic acids is 1. The van der Waals surface area contributed by atoms with Gasteiger partial charge in [0.2, 0.25) is 11.0 Å². The molecule has 0 aliphatic carbocycles. The van der Waals surface area contributed by atoms with Gasteiger partial charge in [-0.1, -0.05) is 6.92 Å². The van der Waals surface area contributed by atoms with Gasteiger partial charge in [-0.15, -0.1) is 0 Å². The number of anilines is 1. The zero-order chi connectivity index (χ0) is 9.84. The van der Waals surface area contributed by atoms with Crippen LogP contribution in [0.2, 0.25) is 0 Å². The van der Waals surface area contributed by atoms with Crippen LogP contribution in [0.5, 0.6) is 0 Å². The predicted octanol–water partition coefficient (Wildman–Crippen LogP) is 0.380. The summed E-state index contributed by atoms with van der Waals surface area (Å²) in [4.78, 5) is 15.3. The Hall–Kier alpha value is -1.01. The van der Waals surface area contributed by atoms with E-state index < -0.39 is 0 Å². The fourth-order valence-corrected chi connectivity index (χ4v) is 1.26. The first kappa shape index (κ1) is 10.1. The van der Waals surface area contributed by atoms with Crippen molar-refractivity contribution >= 4 is 22.6 Å².